The highest BCUT2D eigenvalue weighted by Gasteiger charge is 2.26. The topological polar surface area (TPSA) is 99.8 Å². The van der Waals surface area contributed by atoms with Crippen LogP contribution in [0.15, 0.2) is 47.5 Å². The summed E-state index contributed by atoms with van der Waals surface area (Å²) in [7, 11) is 0. The molecule has 2 aromatic heterocycles. The van der Waals surface area contributed by atoms with E-state index in [1.54, 1.807) is 18.0 Å². The zero-order valence-electron chi connectivity index (χ0n) is 15.7. The van der Waals surface area contributed by atoms with Gasteiger partial charge in [-0.3, -0.25) is 19.7 Å². The molecule has 3 aromatic rings. The maximum Gasteiger partial charge on any atom is 0.242 e. The van der Waals surface area contributed by atoms with E-state index in [2.05, 4.69) is 37.9 Å². The van der Waals surface area contributed by atoms with Gasteiger partial charge >= 0.3 is 0 Å². The van der Waals surface area contributed by atoms with Gasteiger partial charge < -0.3 is 10.6 Å². The van der Waals surface area contributed by atoms with Crippen LogP contribution >= 0.6 is 11.8 Å². The Labute approximate surface area is 172 Å². The number of H-pyrrole nitrogens is 1. The molecular weight excluding hydrogens is 386 g/mol. The molecule has 1 fully saturated rings. The van der Waals surface area contributed by atoms with Crippen molar-refractivity contribution in [3.63, 3.8) is 0 Å². The number of hydrogen-bond donors (Lipinski definition) is 3. The highest BCUT2D eigenvalue weighted by Crippen LogP contribution is 2.25. The normalized spacial score (nSPS) is 16.4. The number of fused-ring (bicyclic) bond motifs is 1. The van der Waals surface area contributed by atoms with Crippen LogP contribution in [0.1, 0.15) is 24.2 Å². The van der Waals surface area contributed by atoms with Gasteiger partial charge in [-0.15, -0.1) is 11.8 Å². The monoisotopic (exact) mass is 407 g/mol. The van der Waals surface area contributed by atoms with Crippen LogP contribution in [0.4, 0.5) is 0 Å². The van der Waals surface area contributed by atoms with Gasteiger partial charge in [0.2, 0.25) is 11.8 Å². The lowest BCUT2D eigenvalue weighted by molar-refractivity contribution is -0.125. The molecule has 1 aliphatic rings. The van der Waals surface area contributed by atoms with Crippen molar-refractivity contribution < 1.29 is 9.59 Å². The predicted octanol–water partition coefficient (Wildman–Crippen LogP) is 2.62. The second-order valence-corrected chi connectivity index (χ2v) is 7.87. The number of pyridine rings is 1. The zero-order chi connectivity index (χ0) is 20.1. The molecule has 4 rings (SSSR count). The lowest BCUT2D eigenvalue weighted by atomic mass is 10.2. The third-order valence-corrected chi connectivity index (χ3v) is 5.64. The van der Waals surface area contributed by atoms with Gasteiger partial charge in [-0.25, -0.2) is 0 Å². The molecule has 2 amide bonds. The molecule has 1 saturated heterocycles. The van der Waals surface area contributed by atoms with Gasteiger partial charge in [0, 0.05) is 35.2 Å². The van der Waals surface area contributed by atoms with Crippen LogP contribution in [0, 0.1) is 0 Å². The molecule has 148 valence electrons. The molecule has 7 nitrogen and oxygen atoms in total. The first-order chi connectivity index (χ1) is 14.2. The third-order valence-electron chi connectivity index (χ3n) is 4.65. The summed E-state index contributed by atoms with van der Waals surface area (Å²) >= 11 is 1.66. The summed E-state index contributed by atoms with van der Waals surface area (Å²) in [6, 6.07) is 11.6. The minimum Gasteiger partial charge on any atom is -0.353 e. The Kier molecular flexibility index (Phi) is 5.90. The molecule has 0 spiro atoms. The molecule has 29 heavy (non-hydrogen) atoms. The van der Waals surface area contributed by atoms with E-state index in [0.29, 0.717) is 19.4 Å². The van der Waals surface area contributed by atoms with Gasteiger partial charge in [-0.05, 0) is 48.9 Å². The van der Waals surface area contributed by atoms with Crippen molar-refractivity contribution in [1.82, 2.24) is 25.8 Å². The standard InChI is InChI=1S/C21H21N5O2S/c27-20-9-8-18(24-20)21(28)23-11-12-29-15-5-6-16-17(25-26-19(16)13-15)7-4-14-3-1-2-10-22-14/h1-7,10,13,18H,8-9,11-12H2,(H,23,28)(H,24,27)(H,25,26). The highest BCUT2D eigenvalue weighted by molar-refractivity contribution is 7.99. The Balaban J connectivity index is 1.31. The van der Waals surface area contributed by atoms with Crippen molar-refractivity contribution in [3.8, 4) is 0 Å². The van der Waals surface area contributed by atoms with Crippen molar-refractivity contribution >= 4 is 46.6 Å². The summed E-state index contributed by atoms with van der Waals surface area (Å²) in [6.45, 7) is 0.551. The van der Waals surface area contributed by atoms with E-state index in [-0.39, 0.29) is 17.9 Å². The van der Waals surface area contributed by atoms with Crippen molar-refractivity contribution in [2.45, 2.75) is 23.8 Å². The molecule has 1 aliphatic heterocycles. The predicted molar refractivity (Wildman–Crippen MR) is 114 cm³/mol. The second-order valence-electron chi connectivity index (χ2n) is 6.70. The summed E-state index contributed by atoms with van der Waals surface area (Å²) in [6.07, 6.45) is 6.65. The number of rotatable bonds is 7. The summed E-state index contributed by atoms with van der Waals surface area (Å²) in [5.41, 5.74) is 2.72. The van der Waals surface area contributed by atoms with Gasteiger partial charge in [0.1, 0.15) is 6.04 Å². The van der Waals surface area contributed by atoms with Gasteiger partial charge in [0.15, 0.2) is 0 Å². The molecule has 8 heteroatoms. The average Bonchev–Trinajstić information content (AvgIpc) is 3.36. The van der Waals surface area contributed by atoms with Crippen LogP contribution in [0.5, 0.6) is 0 Å². The van der Waals surface area contributed by atoms with Crippen LogP contribution in [0.25, 0.3) is 23.1 Å². The van der Waals surface area contributed by atoms with E-state index in [1.807, 2.05) is 36.4 Å². The number of carbonyl (C=O) groups is 2. The van der Waals surface area contributed by atoms with Crippen molar-refractivity contribution in [2.75, 3.05) is 12.3 Å². The Morgan fingerprint density at radius 1 is 1.28 bits per heavy atom. The van der Waals surface area contributed by atoms with Crippen molar-refractivity contribution in [1.29, 1.82) is 0 Å². The second kappa shape index (κ2) is 8.91. The van der Waals surface area contributed by atoms with Gasteiger partial charge in [-0.1, -0.05) is 6.07 Å². The minimum absolute atomic E-state index is 0.0540. The van der Waals surface area contributed by atoms with E-state index >= 15 is 0 Å². The molecular formula is C21H21N5O2S. The lowest BCUT2D eigenvalue weighted by Crippen LogP contribution is -2.42. The molecule has 1 unspecified atom stereocenters. The van der Waals surface area contributed by atoms with Crippen LogP contribution in [0.3, 0.4) is 0 Å². The first-order valence-electron chi connectivity index (χ1n) is 9.46. The van der Waals surface area contributed by atoms with E-state index in [1.165, 1.54) is 0 Å². The van der Waals surface area contributed by atoms with E-state index in [9.17, 15) is 9.59 Å². The minimum atomic E-state index is -0.383. The smallest absolute Gasteiger partial charge is 0.242 e. The molecule has 0 aliphatic carbocycles. The number of carbonyl (C=O) groups excluding carboxylic acids is 2. The Hall–Kier alpha value is -3.13. The summed E-state index contributed by atoms with van der Waals surface area (Å²) in [5, 5.41) is 14.1. The summed E-state index contributed by atoms with van der Waals surface area (Å²) in [5.74, 6) is 0.588. The largest absolute Gasteiger partial charge is 0.353 e. The maximum atomic E-state index is 12.0. The Bertz CT molecular complexity index is 1050. The molecule has 0 bridgehead atoms. The molecule has 1 atom stereocenters. The van der Waals surface area contributed by atoms with Crippen molar-refractivity contribution in [2.24, 2.45) is 0 Å². The Morgan fingerprint density at radius 2 is 2.21 bits per heavy atom. The lowest BCUT2D eigenvalue weighted by Gasteiger charge is -2.10. The average molecular weight is 407 g/mol. The van der Waals surface area contributed by atoms with Crippen molar-refractivity contribution in [3.05, 3.63) is 54.0 Å². The van der Waals surface area contributed by atoms with Crippen LogP contribution in [-0.2, 0) is 9.59 Å². The quantitative estimate of drug-likeness (QED) is 0.413. The number of hydrogen-bond acceptors (Lipinski definition) is 5. The SMILES string of the molecule is O=C1CCC(C(=O)NCCSc2ccc3c(C=Cc4ccccn4)n[nH]c3c2)N1. The molecule has 3 N–H and O–H groups in total. The zero-order valence-corrected chi connectivity index (χ0v) is 16.5. The maximum absolute atomic E-state index is 12.0. The van der Waals surface area contributed by atoms with E-state index in [4.69, 9.17) is 0 Å². The Morgan fingerprint density at radius 3 is 3.00 bits per heavy atom. The first kappa shape index (κ1) is 19.2. The first-order valence-corrected chi connectivity index (χ1v) is 10.4. The number of aromatic nitrogens is 3. The van der Waals surface area contributed by atoms with Crippen LogP contribution in [0.2, 0.25) is 0 Å². The molecule has 1 aromatic carbocycles. The fraction of sp³-hybridized carbons (Fsp3) is 0.238. The van der Waals surface area contributed by atoms with Crippen LogP contribution in [-0.4, -0.2) is 45.3 Å². The fourth-order valence-electron chi connectivity index (χ4n) is 3.15. The van der Waals surface area contributed by atoms with E-state index < -0.39 is 0 Å². The van der Waals surface area contributed by atoms with Gasteiger partial charge in [0.05, 0.1) is 16.9 Å². The number of benzene rings is 1. The van der Waals surface area contributed by atoms with Crippen LogP contribution < -0.4 is 10.6 Å². The molecule has 3 heterocycles. The van der Waals surface area contributed by atoms with E-state index in [0.717, 1.165) is 32.9 Å². The molecule has 0 radical (unpaired) electrons. The fourth-order valence-corrected chi connectivity index (χ4v) is 3.96. The number of nitrogens with one attached hydrogen (secondary N) is 3. The van der Waals surface area contributed by atoms with Gasteiger partial charge in [-0.2, -0.15) is 5.10 Å². The number of nitrogens with zero attached hydrogens (tertiary/aromatic N) is 2. The highest BCUT2D eigenvalue weighted by atomic mass is 32.2. The molecule has 0 saturated carbocycles. The number of thioether (sulfide) groups is 1. The summed E-state index contributed by atoms with van der Waals surface area (Å²) < 4.78 is 0. The van der Waals surface area contributed by atoms with Gasteiger partial charge in [0.25, 0.3) is 0 Å². The number of aromatic amines is 1. The number of amides is 2. The summed E-state index contributed by atoms with van der Waals surface area (Å²) in [4.78, 5) is 28.5. The third kappa shape index (κ3) is 4.83.